The summed E-state index contributed by atoms with van der Waals surface area (Å²) in [5.74, 6) is -1.50. The van der Waals surface area contributed by atoms with Crippen molar-refractivity contribution < 1.29 is 11.0 Å². The van der Waals surface area contributed by atoms with Crippen LogP contribution in [0.15, 0.2) is 0 Å². The smallest absolute Gasteiger partial charge is 0.219 e. The summed E-state index contributed by atoms with van der Waals surface area (Å²) in [4.78, 5) is 20.6. The molecule has 9 heavy (non-hydrogen) atoms. The molecule has 0 aliphatic rings. The summed E-state index contributed by atoms with van der Waals surface area (Å²) in [6.45, 7) is 1.64. The zero-order valence-corrected chi connectivity index (χ0v) is 5.18. The second kappa shape index (κ2) is 4.12. The summed E-state index contributed by atoms with van der Waals surface area (Å²) >= 11 is 0. The van der Waals surface area contributed by atoms with E-state index in [0.29, 0.717) is 0 Å². The van der Waals surface area contributed by atoms with Crippen LogP contribution < -0.4 is 5.32 Å². The molecule has 4 heteroatoms. The van der Waals surface area contributed by atoms with Crippen LogP contribution in [0.25, 0.3) is 0 Å². The monoisotopic (exact) mass is 126 g/mol. The van der Waals surface area contributed by atoms with E-state index in [0.717, 1.165) is 0 Å². The van der Waals surface area contributed by atoms with E-state index in [1.807, 2.05) is 0 Å². The van der Waals surface area contributed by atoms with Crippen molar-refractivity contribution in [2.24, 2.45) is 0 Å². The lowest BCUT2D eigenvalue weighted by Crippen LogP contribution is -2.35. The van der Waals surface area contributed by atoms with Gasteiger partial charge in [0.05, 0.1) is 0 Å². The van der Waals surface area contributed by atoms with Gasteiger partial charge in [0.15, 0.2) is 0 Å². The summed E-state index contributed by atoms with van der Waals surface area (Å²) in [6, 6.07) is 0. The van der Waals surface area contributed by atoms with Gasteiger partial charge in [-0.05, 0) is 0 Å². The van der Waals surface area contributed by atoms with Crippen molar-refractivity contribution in [1.29, 1.82) is 0 Å². The summed E-state index contributed by atoms with van der Waals surface area (Å²) in [5, 5.41) is 2.13. The van der Waals surface area contributed by atoms with E-state index in [-0.39, 0.29) is 12.3 Å². The van der Waals surface area contributed by atoms with Gasteiger partial charge in [0.2, 0.25) is 5.91 Å². The lowest BCUT2D eigenvalue weighted by atomic mass is 9.98. The van der Waals surface area contributed by atoms with Gasteiger partial charge in [-0.15, -0.1) is 0 Å². The zero-order valence-electron chi connectivity index (χ0n) is 6.18. The normalized spacial score (nSPS) is 13.7. The van der Waals surface area contributed by atoms with Crippen molar-refractivity contribution in [2.75, 3.05) is 0 Å². The quantitative estimate of drug-likeness (QED) is 0.397. The number of rotatable bonds is 3. The van der Waals surface area contributed by atoms with Crippen molar-refractivity contribution in [1.82, 2.24) is 5.32 Å². The van der Waals surface area contributed by atoms with E-state index in [9.17, 15) is 9.59 Å². The van der Waals surface area contributed by atoms with Crippen LogP contribution in [0.2, 0.25) is 0 Å². The first-order chi connectivity index (χ1) is 4.57. The van der Waals surface area contributed by atoms with Crippen LogP contribution in [-0.4, -0.2) is 26.0 Å². The molecule has 0 aromatic heterocycles. The molecule has 0 saturated carbocycles. The standard InChI is InChI=1S/C5H8BNO2/c1-2-5(9)7-4(6)3-8/h3-4H,2H2,1H3,(H,7,9)/i3D. The van der Waals surface area contributed by atoms with Crippen LogP contribution in [0.1, 0.15) is 14.7 Å². The minimum absolute atomic E-state index is 0.265. The molecule has 0 spiro atoms. The predicted molar refractivity (Wildman–Crippen MR) is 34.0 cm³/mol. The maximum atomic E-state index is 10.5. The highest BCUT2D eigenvalue weighted by molar-refractivity contribution is 6.21. The fraction of sp³-hybridized carbons (Fsp3) is 0.600. The number of aldehydes is 1. The second-order valence-electron chi connectivity index (χ2n) is 1.52. The summed E-state index contributed by atoms with van der Waals surface area (Å²) < 4.78 is 6.47. The van der Waals surface area contributed by atoms with E-state index in [1.54, 1.807) is 6.92 Å². The Labute approximate surface area is 56.6 Å². The third-order valence-corrected chi connectivity index (χ3v) is 0.765. The Morgan fingerprint density at radius 3 is 3.00 bits per heavy atom. The highest BCUT2D eigenvalue weighted by Gasteiger charge is 2.00. The molecule has 0 aliphatic heterocycles. The molecule has 1 atom stereocenters. The van der Waals surface area contributed by atoms with Crippen molar-refractivity contribution in [3.63, 3.8) is 0 Å². The van der Waals surface area contributed by atoms with Crippen molar-refractivity contribution >= 4 is 20.0 Å². The largest absolute Gasteiger partial charge is 0.355 e. The molecule has 0 rings (SSSR count). The zero-order chi connectivity index (χ0) is 8.15. The summed E-state index contributed by atoms with van der Waals surface area (Å²) in [6.07, 6.45) is -0.720. The first-order valence-electron chi connectivity index (χ1n) is 3.13. The molecule has 0 aromatic rings. The van der Waals surface area contributed by atoms with E-state index < -0.39 is 12.2 Å². The van der Waals surface area contributed by atoms with Gasteiger partial charge in [0.25, 0.3) is 0 Å². The Balaban J connectivity index is 3.68. The molecular weight excluding hydrogens is 117 g/mol. The van der Waals surface area contributed by atoms with Crippen LogP contribution in [-0.2, 0) is 9.59 Å². The molecule has 0 aromatic carbocycles. The van der Waals surface area contributed by atoms with E-state index >= 15 is 0 Å². The van der Waals surface area contributed by atoms with Crippen molar-refractivity contribution in [2.45, 2.75) is 19.3 Å². The minimum Gasteiger partial charge on any atom is -0.355 e. The molecule has 0 fully saturated rings. The molecule has 0 bridgehead atoms. The van der Waals surface area contributed by atoms with Gasteiger partial charge < -0.3 is 10.1 Å². The Bertz CT molecular complexity index is 151. The average molecular weight is 126 g/mol. The van der Waals surface area contributed by atoms with Gasteiger partial charge >= 0.3 is 0 Å². The Hall–Kier alpha value is -0.795. The molecular formula is C5H8BNO2. The topological polar surface area (TPSA) is 46.2 Å². The lowest BCUT2D eigenvalue weighted by Gasteiger charge is -2.03. The Kier molecular flexibility index (Phi) is 2.90. The highest BCUT2D eigenvalue weighted by Crippen LogP contribution is 1.75. The fourth-order valence-corrected chi connectivity index (χ4v) is 0.305. The van der Waals surface area contributed by atoms with Crippen LogP contribution in [0, 0.1) is 0 Å². The molecule has 2 radical (unpaired) electrons. The van der Waals surface area contributed by atoms with E-state index in [2.05, 4.69) is 5.32 Å². The predicted octanol–water partition coefficient (Wildman–Crippen LogP) is -0.794. The molecule has 1 unspecified atom stereocenters. The Morgan fingerprint density at radius 1 is 2.11 bits per heavy atom. The van der Waals surface area contributed by atoms with Gasteiger partial charge in [-0.1, -0.05) is 6.92 Å². The molecule has 0 heterocycles. The number of amides is 1. The molecule has 0 saturated heterocycles. The van der Waals surface area contributed by atoms with Crippen LogP contribution in [0.3, 0.4) is 0 Å². The van der Waals surface area contributed by atoms with Crippen molar-refractivity contribution in [3.8, 4) is 0 Å². The van der Waals surface area contributed by atoms with Crippen LogP contribution in [0.5, 0.6) is 0 Å². The first-order valence-corrected chi connectivity index (χ1v) is 2.63. The third-order valence-electron chi connectivity index (χ3n) is 0.765. The second-order valence-corrected chi connectivity index (χ2v) is 1.52. The molecule has 1 N–H and O–H groups in total. The first kappa shape index (κ1) is 6.33. The molecule has 48 valence electrons. The number of carbonyl (C=O) groups is 2. The van der Waals surface area contributed by atoms with Crippen LogP contribution >= 0.6 is 0 Å². The minimum atomic E-state index is -1.17. The summed E-state index contributed by atoms with van der Waals surface area (Å²) in [5.41, 5.74) is 0. The lowest BCUT2D eigenvalue weighted by molar-refractivity contribution is -0.122. The average Bonchev–Trinajstić information content (AvgIpc) is 1.87. The van der Waals surface area contributed by atoms with Gasteiger partial charge in [0.1, 0.15) is 15.5 Å². The van der Waals surface area contributed by atoms with E-state index in [4.69, 9.17) is 9.22 Å². The van der Waals surface area contributed by atoms with Gasteiger partial charge in [0, 0.05) is 12.4 Å². The maximum Gasteiger partial charge on any atom is 0.219 e. The number of carbonyl (C=O) groups excluding carboxylic acids is 2. The molecule has 0 aliphatic carbocycles. The van der Waals surface area contributed by atoms with Crippen molar-refractivity contribution in [3.05, 3.63) is 0 Å². The van der Waals surface area contributed by atoms with Gasteiger partial charge in [-0.25, -0.2) is 0 Å². The molecule has 3 nitrogen and oxygen atoms in total. The third kappa shape index (κ3) is 3.76. The summed E-state index contributed by atoms with van der Waals surface area (Å²) in [7, 11) is 5.02. The fourth-order valence-electron chi connectivity index (χ4n) is 0.305. The molecule has 1 amide bonds. The Morgan fingerprint density at radius 2 is 2.67 bits per heavy atom. The maximum absolute atomic E-state index is 10.5. The SMILES string of the molecule is [2H]C(=O)C([B])NC(=O)CC. The number of hydrogen-bond acceptors (Lipinski definition) is 2. The van der Waals surface area contributed by atoms with Gasteiger partial charge in [-0.3, -0.25) is 4.79 Å². The number of nitrogens with one attached hydrogen (secondary N) is 1. The number of hydrogen-bond donors (Lipinski definition) is 1. The highest BCUT2D eigenvalue weighted by atomic mass is 16.2. The van der Waals surface area contributed by atoms with E-state index in [1.165, 1.54) is 0 Å². The van der Waals surface area contributed by atoms with Gasteiger partial charge in [-0.2, -0.15) is 0 Å². The van der Waals surface area contributed by atoms with Crippen LogP contribution in [0.4, 0.5) is 0 Å².